The lowest BCUT2D eigenvalue weighted by atomic mass is 9.76. The van der Waals surface area contributed by atoms with Crippen molar-refractivity contribution in [3.05, 3.63) is 106 Å². The summed E-state index contributed by atoms with van der Waals surface area (Å²) in [5.41, 5.74) is 4.70. The molecule has 0 fully saturated rings. The average Bonchev–Trinajstić information content (AvgIpc) is 3.31. The minimum Gasteiger partial charge on any atom is -0.508 e. The van der Waals surface area contributed by atoms with Crippen molar-refractivity contribution in [2.24, 2.45) is 5.92 Å². The zero-order chi connectivity index (χ0) is 22.1. The van der Waals surface area contributed by atoms with Crippen LogP contribution in [0.1, 0.15) is 45.4 Å². The summed E-state index contributed by atoms with van der Waals surface area (Å²) in [4.78, 5) is 13.1. The first kappa shape index (κ1) is 20.8. The van der Waals surface area contributed by atoms with Gasteiger partial charge in [0.2, 0.25) is 0 Å². The molecule has 3 N–H and O–H groups in total. The molecular weight excluding hydrogens is 464 g/mol. The number of phenols is 1. The highest BCUT2D eigenvalue weighted by molar-refractivity contribution is 9.10. The Kier molecular flexibility index (Phi) is 5.75. The standard InChI is InChI=1S/C27H25BrN2O2/c28-18-12-13-24(31)23(16-18)26-21-9-4-8-19(21)20-10-5-11-22(25(20)30-26)27(32)29-15-14-17-6-2-1-3-7-17/h1-8,10-13,16,19,21,26,30-31H,9,14-15H2,(H,29,32). The van der Waals surface area contributed by atoms with Gasteiger partial charge in [0.25, 0.3) is 5.91 Å². The second-order valence-electron chi connectivity index (χ2n) is 8.44. The topological polar surface area (TPSA) is 61.4 Å². The SMILES string of the molecule is O=C(NCCc1ccccc1)c1cccc2c1NC(c1cc(Br)ccc1O)C1CC=CC21. The molecule has 5 rings (SSSR count). The molecule has 32 heavy (non-hydrogen) atoms. The number of fused-ring (bicyclic) bond motifs is 3. The van der Waals surface area contributed by atoms with Crippen LogP contribution in [0.25, 0.3) is 0 Å². The summed E-state index contributed by atoms with van der Waals surface area (Å²) in [7, 11) is 0. The first-order valence-corrected chi connectivity index (χ1v) is 11.8. The Morgan fingerprint density at radius 3 is 2.75 bits per heavy atom. The van der Waals surface area contributed by atoms with Gasteiger partial charge in [0, 0.05) is 22.5 Å². The van der Waals surface area contributed by atoms with Gasteiger partial charge in [0.15, 0.2) is 0 Å². The van der Waals surface area contributed by atoms with Crippen molar-refractivity contribution in [1.82, 2.24) is 5.32 Å². The number of carbonyl (C=O) groups excluding carboxylic acids is 1. The smallest absolute Gasteiger partial charge is 0.253 e. The second-order valence-corrected chi connectivity index (χ2v) is 9.36. The van der Waals surface area contributed by atoms with Crippen LogP contribution in [0.2, 0.25) is 0 Å². The van der Waals surface area contributed by atoms with E-state index in [4.69, 9.17) is 0 Å². The maximum Gasteiger partial charge on any atom is 0.253 e. The first-order chi connectivity index (χ1) is 15.6. The maximum atomic E-state index is 13.1. The predicted octanol–water partition coefficient (Wildman–Crippen LogP) is 5.95. The third-order valence-corrected chi connectivity index (χ3v) is 7.00. The van der Waals surface area contributed by atoms with Crippen LogP contribution < -0.4 is 10.6 Å². The molecule has 3 aromatic carbocycles. The lowest BCUT2D eigenvalue weighted by Crippen LogP contribution is -2.32. The Balaban J connectivity index is 1.43. The fourth-order valence-electron chi connectivity index (χ4n) is 4.95. The van der Waals surface area contributed by atoms with Gasteiger partial charge in [0.1, 0.15) is 5.75 Å². The number of para-hydroxylation sites is 1. The molecule has 1 heterocycles. The van der Waals surface area contributed by atoms with Crippen molar-refractivity contribution < 1.29 is 9.90 Å². The zero-order valence-corrected chi connectivity index (χ0v) is 19.2. The number of benzene rings is 3. The molecule has 4 nitrogen and oxygen atoms in total. The Bertz CT molecular complexity index is 1180. The zero-order valence-electron chi connectivity index (χ0n) is 17.6. The van der Waals surface area contributed by atoms with Crippen LogP contribution >= 0.6 is 15.9 Å². The molecule has 1 aliphatic carbocycles. The largest absolute Gasteiger partial charge is 0.508 e. The molecule has 0 saturated heterocycles. The Hall–Kier alpha value is -3.05. The van der Waals surface area contributed by atoms with Gasteiger partial charge in [-0.2, -0.15) is 0 Å². The molecule has 162 valence electrons. The molecule has 0 radical (unpaired) electrons. The molecule has 0 saturated carbocycles. The summed E-state index contributed by atoms with van der Waals surface area (Å²) in [6.07, 6.45) is 6.17. The number of phenolic OH excluding ortho intramolecular Hbond substituents is 1. The number of hydrogen-bond acceptors (Lipinski definition) is 3. The van der Waals surface area contributed by atoms with Gasteiger partial charge >= 0.3 is 0 Å². The van der Waals surface area contributed by atoms with Crippen LogP contribution in [-0.2, 0) is 6.42 Å². The molecule has 5 heteroatoms. The third kappa shape index (κ3) is 3.93. The Morgan fingerprint density at radius 1 is 1.06 bits per heavy atom. The minimum absolute atomic E-state index is 0.0806. The molecule has 0 spiro atoms. The van der Waals surface area contributed by atoms with Gasteiger partial charge in [-0.25, -0.2) is 0 Å². The number of aromatic hydroxyl groups is 1. The van der Waals surface area contributed by atoms with Crippen molar-refractivity contribution in [2.45, 2.75) is 24.8 Å². The summed E-state index contributed by atoms with van der Waals surface area (Å²) in [5.74, 6) is 0.693. The van der Waals surface area contributed by atoms with Crippen molar-refractivity contribution in [3.63, 3.8) is 0 Å². The van der Waals surface area contributed by atoms with Crippen molar-refractivity contribution in [2.75, 3.05) is 11.9 Å². The van der Waals surface area contributed by atoms with Gasteiger partial charge in [-0.05, 0) is 54.2 Å². The van der Waals surface area contributed by atoms with E-state index in [0.717, 1.165) is 34.1 Å². The van der Waals surface area contributed by atoms with Crippen molar-refractivity contribution in [3.8, 4) is 5.75 Å². The van der Waals surface area contributed by atoms with Crippen LogP contribution in [-0.4, -0.2) is 17.6 Å². The summed E-state index contributed by atoms with van der Waals surface area (Å²) >= 11 is 3.53. The molecule has 3 atom stereocenters. The van der Waals surface area contributed by atoms with E-state index in [1.165, 1.54) is 5.56 Å². The monoisotopic (exact) mass is 488 g/mol. The molecule has 3 aromatic rings. The highest BCUT2D eigenvalue weighted by atomic mass is 79.9. The van der Waals surface area contributed by atoms with E-state index in [0.29, 0.717) is 18.0 Å². The van der Waals surface area contributed by atoms with E-state index >= 15 is 0 Å². The fourth-order valence-corrected chi connectivity index (χ4v) is 5.33. The summed E-state index contributed by atoms with van der Waals surface area (Å²) in [5, 5.41) is 17.3. The van der Waals surface area contributed by atoms with Crippen LogP contribution in [0.5, 0.6) is 5.75 Å². The van der Waals surface area contributed by atoms with Crippen LogP contribution in [0.3, 0.4) is 0 Å². The number of rotatable bonds is 5. The first-order valence-electron chi connectivity index (χ1n) is 11.0. The number of nitrogens with one attached hydrogen (secondary N) is 2. The predicted molar refractivity (Wildman–Crippen MR) is 131 cm³/mol. The van der Waals surface area contributed by atoms with E-state index in [1.807, 2.05) is 42.5 Å². The van der Waals surface area contributed by atoms with Gasteiger partial charge in [-0.15, -0.1) is 0 Å². The molecule has 3 unspecified atom stereocenters. The van der Waals surface area contributed by atoms with Crippen molar-refractivity contribution >= 4 is 27.5 Å². The fraction of sp³-hybridized carbons (Fsp3) is 0.222. The van der Waals surface area contributed by atoms with E-state index in [-0.39, 0.29) is 23.6 Å². The summed E-state index contributed by atoms with van der Waals surface area (Å²) in [6.45, 7) is 0.578. The average molecular weight is 489 g/mol. The highest BCUT2D eigenvalue weighted by Crippen LogP contribution is 2.52. The van der Waals surface area contributed by atoms with E-state index in [1.54, 1.807) is 6.07 Å². The number of carbonyl (C=O) groups is 1. The van der Waals surface area contributed by atoms with Gasteiger partial charge in [-0.3, -0.25) is 4.79 Å². The molecule has 1 amide bonds. The van der Waals surface area contributed by atoms with Gasteiger partial charge in [0.05, 0.1) is 17.3 Å². The molecule has 2 aliphatic rings. The molecule has 1 aliphatic heterocycles. The van der Waals surface area contributed by atoms with E-state index < -0.39 is 0 Å². The highest BCUT2D eigenvalue weighted by Gasteiger charge is 2.40. The lowest BCUT2D eigenvalue weighted by molar-refractivity contribution is 0.0954. The maximum absolute atomic E-state index is 13.1. The molecular formula is C27H25BrN2O2. The minimum atomic E-state index is -0.0849. The van der Waals surface area contributed by atoms with Crippen LogP contribution in [0.4, 0.5) is 5.69 Å². The number of amides is 1. The number of hydrogen-bond donors (Lipinski definition) is 3. The third-order valence-electron chi connectivity index (χ3n) is 6.51. The second kappa shape index (κ2) is 8.83. The summed E-state index contributed by atoms with van der Waals surface area (Å²) < 4.78 is 0.923. The Labute approximate surface area is 196 Å². The van der Waals surface area contributed by atoms with Gasteiger partial charge in [-0.1, -0.05) is 70.5 Å². The van der Waals surface area contributed by atoms with Gasteiger partial charge < -0.3 is 15.7 Å². The lowest BCUT2D eigenvalue weighted by Gasteiger charge is -2.38. The normalized spacial score (nSPS) is 20.8. The quantitative estimate of drug-likeness (QED) is 0.388. The van der Waals surface area contributed by atoms with E-state index in [9.17, 15) is 9.90 Å². The van der Waals surface area contributed by atoms with Crippen molar-refractivity contribution in [1.29, 1.82) is 0 Å². The van der Waals surface area contributed by atoms with Crippen LogP contribution in [0, 0.1) is 5.92 Å². The van der Waals surface area contributed by atoms with E-state index in [2.05, 4.69) is 56.9 Å². The Morgan fingerprint density at radius 2 is 1.91 bits per heavy atom. The number of halogens is 1. The van der Waals surface area contributed by atoms with Crippen LogP contribution in [0.15, 0.2) is 83.4 Å². The molecule has 0 aromatic heterocycles. The number of anilines is 1. The molecule has 0 bridgehead atoms. The number of allylic oxidation sites excluding steroid dienone is 2. The summed E-state index contributed by atoms with van der Waals surface area (Å²) in [6, 6.07) is 21.5.